The molecule has 0 saturated carbocycles. The number of carbonyl (C=O) groups excluding carboxylic acids is 3. The van der Waals surface area contributed by atoms with Crippen LogP contribution in [0.5, 0.6) is 0 Å². The van der Waals surface area contributed by atoms with Crippen molar-refractivity contribution in [3.63, 3.8) is 0 Å². The molecule has 0 aliphatic carbocycles. The third kappa shape index (κ3) is 7.30. The topological polar surface area (TPSA) is 150 Å². The molecule has 0 spiro atoms. The maximum atomic E-state index is 13.0. The Hall–Kier alpha value is -2.39. The maximum Gasteiger partial charge on any atom is 0.335 e. The second kappa shape index (κ2) is 11.2. The highest BCUT2D eigenvalue weighted by Crippen LogP contribution is 2.38. The van der Waals surface area contributed by atoms with Crippen LogP contribution >= 0.6 is 19.4 Å². The molecule has 2 aromatic carbocycles. The van der Waals surface area contributed by atoms with Gasteiger partial charge in [0.15, 0.2) is 0 Å². The predicted octanol–water partition coefficient (Wildman–Crippen LogP) is 1.60. The standard InChI is InChI=1S/C22H28N3O6PS/c23-21(27)18(12-15-8-9-16-5-1-2-6-17(16)11-15)24-22(28)19-7-3-4-10-25(19)20(26)13-33-14-32(29,30)31/h1-2,5-6,8-9,11,18-19H,3-4,7,10,12-14H2,(H2,23,27)(H,24,28)(H2,29,30,31)/t18-,19-/m0/s1. The molecule has 5 N–H and O–H groups in total. The van der Waals surface area contributed by atoms with Gasteiger partial charge in [-0.05, 0) is 35.6 Å². The normalized spacial score (nSPS) is 17.5. The van der Waals surface area contributed by atoms with Crippen LogP contribution in [0, 0.1) is 0 Å². The minimum Gasteiger partial charge on any atom is -0.368 e. The SMILES string of the molecule is NC(=O)[C@H](Cc1ccc2ccccc2c1)NC(=O)[C@@H]1CCCCN1C(=O)CSCP(=O)(O)O. The second-order valence-electron chi connectivity index (χ2n) is 8.09. The van der Waals surface area contributed by atoms with E-state index in [2.05, 4.69) is 5.32 Å². The minimum absolute atomic E-state index is 0.134. The molecular weight excluding hydrogens is 465 g/mol. The van der Waals surface area contributed by atoms with Crippen molar-refractivity contribution in [2.24, 2.45) is 5.73 Å². The van der Waals surface area contributed by atoms with Gasteiger partial charge in [-0.1, -0.05) is 42.5 Å². The first-order valence-corrected chi connectivity index (χ1v) is 13.6. The number of fused-ring (bicyclic) bond motifs is 1. The lowest BCUT2D eigenvalue weighted by atomic mass is 9.99. The predicted molar refractivity (Wildman–Crippen MR) is 127 cm³/mol. The van der Waals surface area contributed by atoms with Crippen molar-refractivity contribution in [1.82, 2.24) is 10.2 Å². The highest BCUT2D eigenvalue weighted by Gasteiger charge is 2.34. The molecule has 0 aromatic heterocycles. The number of hydrogen-bond donors (Lipinski definition) is 4. The quantitative estimate of drug-likeness (QED) is 0.388. The molecule has 33 heavy (non-hydrogen) atoms. The van der Waals surface area contributed by atoms with E-state index >= 15 is 0 Å². The van der Waals surface area contributed by atoms with E-state index < -0.39 is 37.0 Å². The summed E-state index contributed by atoms with van der Waals surface area (Å²) < 4.78 is 11.0. The fourth-order valence-corrected chi connectivity index (χ4v) is 5.59. The van der Waals surface area contributed by atoms with Gasteiger partial charge in [0.1, 0.15) is 12.1 Å². The molecule has 1 aliphatic rings. The van der Waals surface area contributed by atoms with Crippen molar-refractivity contribution in [2.75, 3.05) is 17.8 Å². The van der Waals surface area contributed by atoms with Gasteiger partial charge in [-0.15, -0.1) is 11.8 Å². The summed E-state index contributed by atoms with van der Waals surface area (Å²) in [7, 11) is -4.21. The molecule has 9 nitrogen and oxygen atoms in total. The van der Waals surface area contributed by atoms with E-state index in [1.54, 1.807) is 0 Å². The van der Waals surface area contributed by atoms with Crippen LogP contribution < -0.4 is 11.1 Å². The Kier molecular flexibility index (Phi) is 8.53. The van der Waals surface area contributed by atoms with E-state index in [1.807, 2.05) is 42.5 Å². The Labute approximate surface area is 196 Å². The Balaban J connectivity index is 1.66. The first-order valence-electron chi connectivity index (χ1n) is 10.6. The largest absolute Gasteiger partial charge is 0.368 e. The van der Waals surface area contributed by atoms with Gasteiger partial charge < -0.3 is 25.7 Å². The van der Waals surface area contributed by atoms with Crippen molar-refractivity contribution >= 4 is 47.9 Å². The molecule has 1 saturated heterocycles. The number of nitrogens with one attached hydrogen (secondary N) is 1. The number of nitrogens with zero attached hydrogens (tertiary/aromatic N) is 1. The van der Waals surface area contributed by atoms with Crippen molar-refractivity contribution < 1.29 is 28.7 Å². The Morgan fingerprint density at radius 3 is 2.58 bits per heavy atom. The summed E-state index contributed by atoms with van der Waals surface area (Å²) in [5, 5.41) is 4.79. The number of piperidine rings is 1. The average molecular weight is 494 g/mol. The van der Waals surface area contributed by atoms with Crippen LogP contribution in [-0.4, -0.2) is 62.3 Å². The molecule has 2 atom stereocenters. The van der Waals surface area contributed by atoms with Crippen LogP contribution in [0.1, 0.15) is 24.8 Å². The number of likely N-dealkylation sites (tertiary alicyclic amines) is 1. The van der Waals surface area contributed by atoms with Gasteiger partial charge in [-0.2, -0.15) is 0 Å². The molecule has 2 aromatic rings. The van der Waals surface area contributed by atoms with Crippen LogP contribution in [0.2, 0.25) is 0 Å². The van der Waals surface area contributed by atoms with Crippen molar-refractivity contribution in [3.8, 4) is 0 Å². The molecule has 0 radical (unpaired) electrons. The summed E-state index contributed by atoms with van der Waals surface area (Å²) in [6, 6.07) is 11.9. The number of nitrogens with two attached hydrogens (primary N) is 1. The van der Waals surface area contributed by atoms with E-state index in [0.29, 0.717) is 13.0 Å². The summed E-state index contributed by atoms with van der Waals surface area (Å²) in [5.74, 6) is -1.61. The summed E-state index contributed by atoms with van der Waals surface area (Å²) in [6.45, 7) is 0.374. The van der Waals surface area contributed by atoms with Gasteiger partial charge in [0.05, 0.1) is 11.2 Å². The van der Waals surface area contributed by atoms with E-state index in [4.69, 9.17) is 15.5 Å². The zero-order valence-corrected chi connectivity index (χ0v) is 19.8. The van der Waals surface area contributed by atoms with Gasteiger partial charge in [0.25, 0.3) is 0 Å². The van der Waals surface area contributed by atoms with Gasteiger partial charge in [-0.25, -0.2) is 0 Å². The van der Waals surface area contributed by atoms with Gasteiger partial charge in [0.2, 0.25) is 17.7 Å². The fraction of sp³-hybridized carbons (Fsp3) is 0.409. The number of benzene rings is 2. The number of rotatable bonds is 9. The number of amides is 3. The third-order valence-corrected chi connectivity index (χ3v) is 8.05. The number of carbonyl (C=O) groups is 3. The van der Waals surface area contributed by atoms with E-state index in [0.717, 1.165) is 40.9 Å². The molecule has 1 heterocycles. The fourth-order valence-electron chi connectivity index (χ4n) is 3.93. The maximum absolute atomic E-state index is 13.0. The van der Waals surface area contributed by atoms with Gasteiger partial charge in [0, 0.05) is 13.0 Å². The van der Waals surface area contributed by atoms with Crippen LogP contribution in [0.15, 0.2) is 42.5 Å². The summed E-state index contributed by atoms with van der Waals surface area (Å²) in [5.41, 5.74) is 5.96. The lowest BCUT2D eigenvalue weighted by Gasteiger charge is -2.35. The Morgan fingerprint density at radius 1 is 1.15 bits per heavy atom. The zero-order chi connectivity index (χ0) is 24.0. The molecule has 1 aliphatic heterocycles. The molecule has 11 heteroatoms. The van der Waals surface area contributed by atoms with Crippen molar-refractivity contribution in [2.45, 2.75) is 37.8 Å². The van der Waals surface area contributed by atoms with Crippen LogP contribution in [0.4, 0.5) is 0 Å². The molecule has 1 fully saturated rings. The summed E-state index contributed by atoms with van der Waals surface area (Å²) in [6.07, 6.45) is 2.16. The van der Waals surface area contributed by atoms with E-state index in [-0.39, 0.29) is 18.1 Å². The zero-order valence-electron chi connectivity index (χ0n) is 18.1. The first-order chi connectivity index (χ1) is 15.6. The van der Waals surface area contributed by atoms with Crippen LogP contribution in [0.3, 0.4) is 0 Å². The van der Waals surface area contributed by atoms with E-state index in [1.165, 1.54) is 4.90 Å². The molecule has 3 rings (SSSR count). The Bertz CT molecular complexity index is 1080. The molecule has 0 unspecified atom stereocenters. The summed E-state index contributed by atoms with van der Waals surface area (Å²) in [4.78, 5) is 57.1. The minimum atomic E-state index is -4.21. The Morgan fingerprint density at radius 2 is 1.88 bits per heavy atom. The smallest absolute Gasteiger partial charge is 0.335 e. The average Bonchev–Trinajstić information content (AvgIpc) is 2.77. The highest BCUT2D eigenvalue weighted by molar-refractivity contribution is 8.04. The lowest BCUT2D eigenvalue weighted by molar-refractivity contribution is -0.141. The molecule has 3 amide bonds. The number of hydrogen-bond acceptors (Lipinski definition) is 5. The van der Waals surface area contributed by atoms with Crippen molar-refractivity contribution in [3.05, 3.63) is 48.0 Å². The monoisotopic (exact) mass is 493 g/mol. The molecular formula is C22H28N3O6PS. The lowest BCUT2D eigenvalue weighted by Crippen LogP contribution is -2.56. The van der Waals surface area contributed by atoms with Gasteiger partial charge in [-0.3, -0.25) is 18.9 Å². The number of thioether (sulfide) groups is 1. The number of primary amides is 1. The van der Waals surface area contributed by atoms with Crippen molar-refractivity contribution in [1.29, 1.82) is 0 Å². The summed E-state index contributed by atoms with van der Waals surface area (Å²) >= 11 is 0.837. The highest BCUT2D eigenvalue weighted by atomic mass is 32.2. The first kappa shape index (κ1) is 25.2. The second-order valence-corrected chi connectivity index (χ2v) is 11.1. The van der Waals surface area contributed by atoms with Gasteiger partial charge >= 0.3 is 7.60 Å². The van der Waals surface area contributed by atoms with E-state index in [9.17, 15) is 18.9 Å². The molecule has 0 bridgehead atoms. The third-order valence-electron chi connectivity index (χ3n) is 5.52. The molecule has 178 valence electrons. The van der Waals surface area contributed by atoms with Crippen LogP contribution in [-0.2, 0) is 25.4 Å². The van der Waals surface area contributed by atoms with Crippen LogP contribution in [0.25, 0.3) is 10.8 Å².